The fraction of sp³-hybridized carbons (Fsp3) is 0.188. The van der Waals surface area contributed by atoms with Crippen LogP contribution in [0.1, 0.15) is 12.0 Å². The third kappa shape index (κ3) is 4.62. The van der Waals surface area contributed by atoms with Crippen LogP contribution in [-0.4, -0.2) is 11.5 Å². The summed E-state index contributed by atoms with van der Waals surface area (Å²) in [7, 11) is 0. The number of para-hydroxylation sites is 1. The molecule has 0 saturated carbocycles. The molecule has 4 heteroatoms. The fourth-order valence-corrected chi connectivity index (χ4v) is 2.58. The maximum Gasteiger partial charge on any atom is 0.0745 e. The molecular weight excluding hydrogens is 332 g/mol. The summed E-state index contributed by atoms with van der Waals surface area (Å²) in [5, 5.41) is 0. The minimum Gasteiger partial charge on any atom is -0.393 e. The van der Waals surface area contributed by atoms with Crippen LogP contribution in [0.4, 0.5) is 5.69 Å². The number of benzene rings is 2. The smallest absolute Gasteiger partial charge is 0.0745 e. The minimum atomic E-state index is 0.556. The van der Waals surface area contributed by atoms with Gasteiger partial charge in [-0.3, -0.25) is 0 Å². The van der Waals surface area contributed by atoms with Crippen molar-refractivity contribution in [1.29, 1.82) is 0 Å². The zero-order valence-electron chi connectivity index (χ0n) is 11.1. The average molecular weight is 349 g/mol. The van der Waals surface area contributed by atoms with E-state index in [-0.39, 0.29) is 0 Å². The molecule has 0 unspecified atom stereocenters. The van der Waals surface area contributed by atoms with Gasteiger partial charge in [-0.05, 0) is 29.8 Å². The molecule has 0 atom stereocenters. The quantitative estimate of drug-likeness (QED) is 0.795. The van der Waals surface area contributed by atoms with E-state index in [0.717, 1.165) is 24.0 Å². The van der Waals surface area contributed by atoms with Crippen molar-refractivity contribution >= 4 is 38.8 Å². The predicted octanol–water partition coefficient (Wildman–Crippen LogP) is 4.13. The fourth-order valence-electron chi connectivity index (χ4n) is 2.04. The van der Waals surface area contributed by atoms with Gasteiger partial charge in [0.1, 0.15) is 0 Å². The second-order valence-corrected chi connectivity index (χ2v) is 6.04. The molecule has 0 amide bonds. The number of thiocarbonyl (C=S) groups is 1. The first kappa shape index (κ1) is 15.0. The summed E-state index contributed by atoms with van der Waals surface area (Å²) >= 11 is 8.50. The molecule has 20 heavy (non-hydrogen) atoms. The van der Waals surface area contributed by atoms with Gasteiger partial charge in [-0.2, -0.15) is 0 Å². The normalized spacial score (nSPS) is 10.2. The van der Waals surface area contributed by atoms with Crippen molar-refractivity contribution in [2.45, 2.75) is 13.0 Å². The minimum absolute atomic E-state index is 0.556. The number of nitrogens with zero attached hydrogens (tertiary/aromatic N) is 1. The molecule has 0 aromatic heterocycles. The molecule has 0 aliphatic rings. The predicted molar refractivity (Wildman–Crippen MR) is 93.0 cm³/mol. The highest BCUT2D eigenvalue weighted by Gasteiger charge is 2.08. The van der Waals surface area contributed by atoms with E-state index in [1.54, 1.807) is 0 Å². The maximum absolute atomic E-state index is 5.63. The van der Waals surface area contributed by atoms with Crippen LogP contribution in [0.3, 0.4) is 0 Å². The van der Waals surface area contributed by atoms with E-state index in [4.69, 9.17) is 18.0 Å². The number of nitrogens with two attached hydrogens (primary N) is 1. The van der Waals surface area contributed by atoms with Gasteiger partial charge in [0, 0.05) is 29.7 Å². The second kappa shape index (κ2) is 7.41. The van der Waals surface area contributed by atoms with Crippen molar-refractivity contribution in [3.05, 3.63) is 64.6 Å². The van der Waals surface area contributed by atoms with Crippen LogP contribution in [0.5, 0.6) is 0 Å². The van der Waals surface area contributed by atoms with Gasteiger partial charge in [-0.1, -0.05) is 58.5 Å². The van der Waals surface area contributed by atoms with Crippen molar-refractivity contribution in [2.75, 3.05) is 11.4 Å². The first-order valence-corrected chi connectivity index (χ1v) is 7.68. The summed E-state index contributed by atoms with van der Waals surface area (Å²) < 4.78 is 1.09. The number of anilines is 1. The molecule has 0 radical (unpaired) electrons. The van der Waals surface area contributed by atoms with Crippen LogP contribution >= 0.6 is 28.1 Å². The second-order valence-electron chi connectivity index (χ2n) is 4.60. The molecule has 0 bridgehead atoms. The lowest BCUT2D eigenvalue weighted by atomic mass is 10.2. The largest absolute Gasteiger partial charge is 0.393 e. The van der Waals surface area contributed by atoms with Gasteiger partial charge in [-0.25, -0.2) is 0 Å². The van der Waals surface area contributed by atoms with Crippen molar-refractivity contribution in [1.82, 2.24) is 0 Å². The maximum atomic E-state index is 5.63. The standard InChI is InChI=1S/C16H17BrN2S/c17-14-6-4-5-13(11-14)12-19(10-9-16(18)20)15-7-2-1-3-8-15/h1-8,11H,9-10,12H2,(H2,18,20). The van der Waals surface area contributed by atoms with Crippen LogP contribution in [0.2, 0.25) is 0 Å². The van der Waals surface area contributed by atoms with Crippen molar-refractivity contribution in [3.63, 3.8) is 0 Å². The Balaban J connectivity index is 2.16. The van der Waals surface area contributed by atoms with Crippen LogP contribution in [0.25, 0.3) is 0 Å². The third-order valence-corrected chi connectivity index (χ3v) is 3.71. The van der Waals surface area contributed by atoms with Crippen molar-refractivity contribution in [2.24, 2.45) is 5.73 Å². The monoisotopic (exact) mass is 348 g/mol. The van der Waals surface area contributed by atoms with Crippen LogP contribution in [0.15, 0.2) is 59.1 Å². The highest BCUT2D eigenvalue weighted by molar-refractivity contribution is 9.10. The van der Waals surface area contributed by atoms with Crippen molar-refractivity contribution < 1.29 is 0 Å². The van der Waals surface area contributed by atoms with E-state index in [0.29, 0.717) is 4.99 Å². The molecule has 2 N–H and O–H groups in total. The molecule has 0 heterocycles. The van der Waals surface area contributed by atoms with E-state index in [1.165, 1.54) is 11.3 Å². The number of halogens is 1. The number of hydrogen-bond donors (Lipinski definition) is 1. The number of rotatable bonds is 6. The Morgan fingerprint density at radius 2 is 1.85 bits per heavy atom. The molecule has 0 saturated heterocycles. The third-order valence-electron chi connectivity index (χ3n) is 3.01. The molecule has 0 aliphatic carbocycles. The Kier molecular flexibility index (Phi) is 5.56. The van der Waals surface area contributed by atoms with Gasteiger partial charge >= 0.3 is 0 Å². The average Bonchev–Trinajstić information content (AvgIpc) is 2.44. The lowest BCUT2D eigenvalue weighted by Gasteiger charge is -2.25. The molecular formula is C16H17BrN2S. The zero-order chi connectivity index (χ0) is 14.4. The van der Waals surface area contributed by atoms with Gasteiger partial charge < -0.3 is 10.6 Å². The van der Waals surface area contributed by atoms with Gasteiger partial charge in [0.05, 0.1) is 4.99 Å². The molecule has 0 spiro atoms. The molecule has 2 nitrogen and oxygen atoms in total. The lowest BCUT2D eigenvalue weighted by molar-refractivity contribution is 0.806. The summed E-state index contributed by atoms with van der Waals surface area (Å²) in [5.41, 5.74) is 8.07. The van der Waals surface area contributed by atoms with Gasteiger partial charge in [0.15, 0.2) is 0 Å². The summed E-state index contributed by atoms with van der Waals surface area (Å²) in [6.07, 6.45) is 0.720. The molecule has 104 valence electrons. The first-order chi connectivity index (χ1) is 9.65. The Hall–Kier alpha value is -1.39. The Labute approximate surface area is 133 Å². The first-order valence-electron chi connectivity index (χ1n) is 6.48. The highest BCUT2D eigenvalue weighted by Crippen LogP contribution is 2.19. The van der Waals surface area contributed by atoms with Crippen molar-refractivity contribution in [3.8, 4) is 0 Å². The Bertz CT molecular complexity index is 572. The summed E-state index contributed by atoms with van der Waals surface area (Å²) in [4.78, 5) is 2.85. The Morgan fingerprint density at radius 3 is 2.50 bits per heavy atom. The molecule has 0 fully saturated rings. The van der Waals surface area contributed by atoms with Crippen LogP contribution < -0.4 is 10.6 Å². The molecule has 2 rings (SSSR count). The van der Waals surface area contributed by atoms with Crippen LogP contribution in [0, 0.1) is 0 Å². The summed E-state index contributed by atoms with van der Waals surface area (Å²) in [5.74, 6) is 0. The molecule has 2 aromatic carbocycles. The van der Waals surface area contributed by atoms with E-state index in [2.05, 4.69) is 51.2 Å². The topological polar surface area (TPSA) is 29.3 Å². The zero-order valence-corrected chi connectivity index (χ0v) is 13.5. The van der Waals surface area contributed by atoms with E-state index < -0.39 is 0 Å². The molecule has 0 aliphatic heterocycles. The summed E-state index contributed by atoms with van der Waals surface area (Å²) in [6.45, 7) is 1.66. The van der Waals surface area contributed by atoms with Crippen LogP contribution in [-0.2, 0) is 6.54 Å². The van der Waals surface area contributed by atoms with Gasteiger partial charge in [0.2, 0.25) is 0 Å². The lowest BCUT2D eigenvalue weighted by Crippen LogP contribution is -2.27. The van der Waals surface area contributed by atoms with Gasteiger partial charge in [-0.15, -0.1) is 0 Å². The van der Waals surface area contributed by atoms with E-state index in [9.17, 15) is 0 Å². The van der Waals surface area contributed by atoms with Gasteiger partial charge in [0.25, 0.3) is 0 Å². The van der Waals surface area contributed by atoms with E-state index in [1.807, 2.05) is 24.3 Å². The SMILES string of the molecule is NC(=S)CCN(Cc1cccc(Br)c1)c1ccccc1. The Morgan fingerprint density at radius 1 is 1.10 bits per heavy atom. The summed E-state index contributed by atoms with van der Waals surface area (Å²) in [6, 6.07) is 18.7. The van der Waals surface area contributed by atoms with E-state index >= 15 is 0 Å². The number of hydrogen-bond acceptors (Lipinski definition) is 2. The molecule has 2 aromatic rings. The highest BCUT2D eigenvalue weighted by atomic mass is 79.9.